The van der Waals surface area contributed by atoms with Gasteiger partial charge in [0, 0.05) is 30.9 Å². The Morgan fingerprint density at radius 3 is 2.78 bits per heavy atom. The minimum absolute atomic E-state index is 0. The summed E-state index contributed by atoms with van der Waals surface area (Å²) in [6, 6.07) is 13.9. The van der Waals surface area contributed by atoms with Gasteiger partial charge in [-0.15, -0.1) is 0 Å². The predicted molar refractivity (Wildman–Crippen MR) is 108 cm³/mol. The van der Waals surface area contributed by atoms with Crippen LogP contribution < -0.4 is 11.1 Å². The van der Waals surface area contributed by atoms with Crippen LogP contribution >= 0.6 is 0 Å². The molecule has 1 aromatic heterocycles. The van der Waals surface area contributed by atoms with Gasteiger partial charge in [-0.3, -0.25) is 10.2 Å². The average molecular weight is 362 g/mol. The van der Waals surface area contributed by atoms with Crippen molar-refractivity contribution in [2.75, 3.05) is 11.1 Å². The van der Waals surface area contributed by atoms with Crippen molar-refractivity contribution >= 4 is 23.0 Å². The number of carbonyl (C=O) groups excluding carboxylic acids is 1. The molecule has 0 fully saturated rings. The zero-order valence-electron chi connectivity index (χ0n) is 14.7. The first-order chi connectivity index (χ1) is 13.0. The van der Waals surface area contributed by atoms with Crippen LogP contribution in [0.15, 0.2) is 59.4 Å². The molecule has 6 nitrogen and oxygen atoms in total. The number of nitriles is 1. The highest BCUT2D eigenvalue weighted by Crippen LogP contribution is 2.23. The van der Waals surface area contributed by atoms with E-state index in [1.165, 1.54) is 12.5 Å². The third kappa shape index (κ3) is 3.58. The highest BCUT2D eigenvalue weighted by Gasteiger charge is 2.15. The molecule has 138 valence electrons. The Morgan fingerprint density at radius 2 is 2.11 bits per heavy atom. The van der Waals surface area contributed by atoms with E-state index in [1.54, 1.807) is 42.5 Å². The van der Waals surface area contributed by atoms with E-state index in [9.17, 15) is 10.1 Å². The molecule has 0 saturated carbocycles. The second-order valence-electron chi connectivity index (χ2n) is 5.94. The fraction of sp³-hybridized carbons (Fsp3) is 0.0952. The summed E-state index contributed by atoms with van der Waals surface area (Å²) in [5, 5.41) is 20.4. The molecular formula is C21H22N4O2. The standard InChI is InChI=1S/C21H18N4O2.2H2/c1-2-16-13(11-22)4-3-5-17(16)21(26)25-15-6-7-19(23)18(10-15)20(24)14-8-9-27-12-14;;/h3-10,12,24H,2,23H2,1H3,(H,25,26);2*1H. The highest BCUT2D eigenvalue weighted by atomic mass is 16.3. The maximum atomic E-state index is 12.7. The number of nitrogen functional groups attached to an aromatic ring is 1. The molecule has 27 heavy (non-hydrogen) atoms. The minimum atomic E-state index is -0.311. The summed E-state index contributed by atoms with van der Waals surface area (Å²) in [7, 11) is 0. The molecule has 0 bridgehead atoms. The molecule has 3 aromatic rings. The van der Waals surface area contributed by atoms with E-state index in [0.717, 1.165) is 0 Å². The Bertz CT molecular complexity index is 1060. The molecule has 1 heterocycles. The Balaban J connectivity index is 0.00000210. The third-order valence-electron chi connectivity index (χ3n) is 4.29. The summed E-state index contributed by atoms with van der Waals surface area (Å²) in [6.45, 7) is 1.90. The van der Waals surface area contributed by atoms with Crippen LogP contribution in [0.25, 0.3) is 0 Å². The number of nitrogens with one attached hydrogen (secondary N) is 2. The number of nitrogens with two attached hydrogens (primary N) is 1. The van der Waals surface area contributed by atoms with Crippen molar-refractivity contribution in [2.24, 2.45) is 0 Å². The lowest BCUT2D eigenvalue weighted by Crippen LogP contribution is -2.15. The van der Waals surface area contributed by atoms with Gasteiger partial charge in [0.25, 0.3) is 5.91 Å². The first kappa shape index (κ1) is 18.0. The lowest BCUT2D eigenvalue weighted by atomic mass is 9.98. The minimum Gasteiger partial charge on any atom is -0.472 e. The highest BCUT2D eigenvalue weighted by molar-refractivity contribution is 6.14. The summed E-state index contributed by atoms with van der Waals surface area (Å²) < 4.78 is 5.02. The van der Waals surface area contributed by atoms with Crippen LogP contribution in [-0.2, 0) is 6.42 Å². The molecule has 1 amide bonds. The van der Waals surface area contributed by atoms with Gasteiger partial charge in [0.1, 0.15) is 0 Å². The van der Waals surface area contributed by atoms with E-state index < -0.39 is 0 Å². The molecule has 6 heteroatoms. The summed E-state index contributed by atoms with van der Waals surface area (Å²) in [5.41, 5.74) is 9.90. The molecule has 0 saturated heterocycles. The SMILES string of the molecule is CCc1c(C#N)cccc1C(=O)Nc1ccc(N)c(C(=N)c2ccoc2)c1.[HH].[HH]. The summed E-state index contributed by atoms with van der Waals surface area (Å²) >= 11 is 0. The van der Waals surface area contributed by atoms with E-state index in [4.69, 9.17) is 15.6 Å². The second kappa shape index (κ2) is 7.58. The average Bonchev–Trinajstić information content (AvgIpc) is 3.22. The Labute approximate surface area is 159 Å². The number of nitrogens with zero attached hydrogens (tertiary/aromatic N) is 1. The van der Waals surface area contributed by atoms with Gasteiger partial charge in [-0.1, -0.05) is 13.0 Å². The number of hydrogen-bond donors (Lipinski definition) is 3. The van der Waals surface area contributed by atoms with Gasteiger partial charge in [-0.25, -0.2) is 0 Å². The second-order valence-corrected chi connectivity index (χ2v) is 5.94. The third-order valence-corrected chi connectivity index (χ3v) is 4.29. The molecule has 3 rings (SSSR count). The van der Waals surface area contributed by atoms with E-state index >= 15 is 0 Å². The summed E-state index contributed by atoms with van der Waals surface area (Å²) in [4.78, 5) is 12.7. The molecule has 0 spiro atoms. The van der Waals surface area contributed by atoms with E-state index in [2.05, 4.69) is 11.4 Å². The van der Waals surface area contributed by atoms with Crippen molar-refractivity contribution in [3.05, 3.63) is 82.8 Å². The number of amides is 1. The largest absolute Gasteiger partial charge is 0.472 e. The Kier molecular flexibility index (Phi) is 5.04. The lowest BCUT2D eigenvalue weighted by Gasteiger charge is -2.12. The van der Waals surface area contributed by atoms with Gasteiger partial charge in [-0.2, -0.15) is 5.26 Å². The van der Waals surface area contributed by atoms with Crippen molar-refractivity contribution in [3.8, 4) is 6.07 Å². The zero-order chi connectivity index (χ0) is 19.4. The molecule has 0 atom stereocenters. The first-order valence-corrected chi connectivity index (χ1v) is 8.39. The van der Waals surface area contributed by atoms with Crippen LogP contribution in [0.2, 0.25) is 0 Å². The van der Waals surface area contributed by atoms with Crippen molar-refractivity contribution < 1.29 is 12.1 Å². The lowest BCUT2D eigenvalue weighted by molar-refractivity contribution is 0.102. The predicted octanol–water partition coefficient (Wildman–Crippen LogP) is 4.46. The van der Waals surface area contributed by atoms with Gasteiger partial charge < -0.3 is 15.5 Å². The molecule has 0 aliphatic heterocycles. The molecule has 0 aliphatic rings. The molecule has 0 unspecified atom stereocenters. The van der Waals surface area contributed by atoms with Crippen molar-refractivity contribution in [1.29, 1.82) is 10.7 Å². The van der Waals surface area contributed by atoms with Crippen molar-refractivity contribution in [2.45, 2.75) is 13.3 Å². The Hall–Kier alpha value is -3.85. The fourth-order valence-electron chi connectivity index (χ4n) is 2.90. The molecule has 0 aliphatic carbocycles. The quantitative estimate of drug-likeness (QED) is 0.459. The summed E-state index contributed by atoms with van der Waals surface area (Å²) in [5.74, 6) is -0.311. The number of carbonyl (C=O) groups is 1. The first-order valence-electron chi connectivity index (χ1n) is 8.39. The normalized spacial score (nSPS) is 10.2. The van der Waals surface area contributed by atoms with Gasteiger partial charge in [0.15, 0.2) is 0 Å². The van der Waals surface area contributed by atoms with Crippen molar-refractivity contribution in [1.82, 2.24) is 0 Å². The topological polar surface area (TPSA) is 116 Å². The van der Waals surface area contributed by atoms with Crippen LogP contribution in [-0.4, -0.2) is 11.6 Å². The van der Waals surface area contributed by atoms with E-state index in [-0.39, 0.29) is 14.5 Å². The van der Waals surface area contributed by atoms with Gasteiger partial charge in [-0.05, 0) is 48.4 Å². The van der Waals surface area contributed by atoms with Crippen molar-refractivity contribution in [3.63, 3.8) is 0 Å². The van der Waals surface area contributed by atoms with E-state index in [0.29, 0.717) is 45.6 Å². The number of rotatable bonds is 5. The Morgan fingerprint density at radius 1 is 1.30 bits per heavy atom. The van der Waals surface area contributed by atoms with Crippen LogP contribution in [0, 0.1) is 16.7 Å². The monoisotopic (exact) mass is 362 g/mol. The van der Waals surface area contributed by atoms with Crippen LogP contribution in [0.4, 0.5) is 11.4 Å². The number of hydrogen-bond acceptors (Lipinski definition) is 5. The zero-order valence-corrected chi connectivity index (χ0v) is 14.7. The van der Waals surface area contributed by atoms with Crippen LogP contribution in [0.5, 0.6) is 0 Å². The smallest absolute Gasteiger partial charge is 0.255 e. The van der Waals surface area contributed by atoms with E-state index in [1.807, 2.05) is 6.92 Å². The number of anilines is 2. The van der Waals surface area contributed by atoms with Gasteiger partial charge in [0.05, 0.1) is 29.9 Å². The molecule has 0 radical (unpaired) electrons. The maximum Gasteiger partial charge on any atom is 0.255 e. The van der Waals surface area contributed by atoms with Crippen LogP contribution in [0.1, 0.15) is 42.4 Å². The molecule has 4 N–H and O–H groups in total. The van der Waals surface area contributed by atoms with Gasteiger partial charge >= 0.3 is 0 Å². The summed E-state index contributed by atoms with van der Waals surface area (Å²) in [6.07, 6.45) is 3.53. The fourth-order valence-corrected chi connectivity index (χ4v) is 2.90. The molecular weight excluding hydrogens is 340 g/mol. The number of benzene rings is 2. The van der Waals surface area contributed by atoms with Crippen LogP contribution in [0.3, 0.4) is 0 Å². The maximum absolute atomic E-state index is 12.7. The molecule has 2 aromatic carbocycles. The number of furan rings is 1. The van der Waals surface area contributed by atoms with Gasteiger partial charge in [0.2, 0.25) is 0 Å².